The Balaban J connectivity index is 2.01. The minimum absolute atomic E-state index is 0.363. The molecule has 0 radical (unpaired) electrons. The van der Waals surface area contributed by atoms with Crippen LogP contribution in [0, 0.1) is 5.82 Å². The quantitative estimate of drug-likeness (QED) is 0.925. The summed E-state index contributed by atoms with van der Waals surface area (Å²) in [6.45, 7) is 0. The van der Waals surface area contributed by atoms with Crippen molar-refractivity contribution in [1.29, 1.82) is 0 Å². The van der Waals surface area contributed by atoms with Crippen molar-refractivity contribution < 1.29 is 14.3 Å². The summed E-state index contributed by atoms with van der Waals surface area (Å²) >= 11 is 1.15. The molecule has 1 aliphatic rings. The van der Waals surface area contributed by atoms with Crippen LogP contribution in [0.15, 0.2) is 24.3 Å². The van der Waals surface area contributed by atoms with E-state index in [9.17, 15) is 9.18 Å². The first-order valence-electron chi connectivity index (χ1n) is 5.46. The molecule has 0 aliphatic heterocycles. The first-order chi connectivity index (χ1) is 8.63. The van der Waals surface area contributed by atoms with E-state index in [1.165, 1.54) is 6.07 Å². The van der Waals surface area contributed by atoms with E-state index in [1.807, 2.05) is 0 Å². The first-order valence-corrected chi connectivity index (χ1v) is 6.27. The maximum atomic E-state index is 13.6. The van der Waals surface area contributed by atoms with E-state index < -0.39 is 11.4 Å². The van der Waals surface area contributed by atoms with Gasteiger partial charge in [0, 0.05) is 5.56 Å². The number of benzene rings is 1. The number of carboxylic acid groups (broad SMARTS) is 1. The van der Waals surface area contributed by atoms with E-state index in [2.05, 4.69) is 10.2 Å². The van der Waals surface area contributed by atoms with Crippen molar-refractivity contribution in [2.75, 3.05) is 0 Å². The Morgan fingerprint density at radius 1 is 1.33 bits per heavy atom. The smallest absolute Gasteiger partial charge is 0.316 e. The lowest BCUT2D eigenvalue weighted by Gasteiger charge is -2.02. The van der Waals surface area contributed by atoms with E-state index in [0.717, 1.165) is 11.3 Å². The second-order valence-corrected chi connectivity index (χ2v) is 5.26. The van der Waals surface area contributed by atoms with Crippen LogP contribution < -0.4 is 0 Å². The van der Waals surface area contributed by atoms with Crippen molar-refractivity contribution in [2.45, 2.75) is 18.3 Å². The summed E-state index contributed by atoms with van der Waals surface area (Å²) < 4.78 is 13.6. The van der Waals surface area contributed by atoms with Crippen molar-refractivity contribution in [2.24, 2.45) is 0 Å². The number of halogens is 1. The van der Waals surface area contributed by atoms with Gasteiger partial charge in [-0.3, -0.25) is 4.79 Å². The summed E-state index contributed by atoms with van der Waals surface area (Å²) in [5, 5.41) is 17.9. The highest BCUT2D eigenvalue weighted by Gasteiger charge is 2.54. The van der Waals surface area contributed by atoms with Crippen LogP contribution in [0.2, 0.25) is 0 Å². The Labute approximate surface area is 106 Å². The Kier molecular flexibility index (Phi) is 2.41. The Morgan fingerprint density at radius 2 is 2.06 bits per heavy atom. The molecule has 3 rings (SSSR count). The molecule has 1 saturated carbocycles. The number of aliphatic carboxylic acids is 1. The molecule has 6 heteroatoms. The third-order valence-corrected chi connectivity index (χ3v) is 4.26. The molecule has 18 heavy (non-hydrogen) atoms. The number of nitrogens with zero attached hydrogens (tertiary/aromatic N) is 2. The van der Waals surface area contributed by atoms with Gasteiger partial charge in [-0.1, -0.05) is 23.5 Å². The van der Waals surface area contributed by atoms with Gasteiger partial charge in [-0.25, -0.2) is 4.39 Å². The molecule has 0 amide bonds. The van der Waals surface area contributed by atoms with E-state index >= 15 is 0 Å². The number of rotatable bonds is 3. The molecule has 4 nitrogen and oxygen atoms in total. The van der Waals surface area contributed by atoms with Gasteiger partial charge in [0.05, 0.1) is 0 Å². The average Bonchev–Trinajstić information content (AvgIpc) is 3.03. The zero-order chi connectivity index (χ0) is 12.8. The molecule has 92 valence electrons. The average molecular weight is 264 g/mol. The lowest BCUT2D eigenvalue weighted by atomic mass is 10.1. The fourth-order valence-electron chi connectivity index (χ4n) is 1.80. The van der Waals surface area contributed by atoms with E-state index in [4.69, 9.17) is 5.11 Å². The van der Waals surface area contributed by atoms with Crippen LogP contribution in [0.3, 0.4) is 0 Å². The van der Waals surface area contributed by atoms with Crippen molar-refractivity contribution in [3.8, 4) is 10.6 Å². The second kappa shape index (κ2) is 3.84. The monoisotopic (exact) mass is 264 g/mol. The minimum atomic E-state index is -0.876. The number of aromatic nitrogens is 2. The fraction of sp³-hybridized carbons (Fsp3) is 0.250. The molecule has 0 saturated heterocycles. The van der Waals surface area contributed by atoms with Gasteiger partial charge in [0.25, 0.3) is 0 Å². The standard InChI is InChI=1S/C12H9FN2O2S/c13-8-4-2-1-3-7(8)9-14-15-10(18-9)12(5-6-12)11(16)17/h1-4H,5-6H2,(H,16,17). The van der Waals surface area contributed by atoms with Gasteiger partial charge in [-0.15, -0.1) is 10.2 Å². The van der Waals surface area contributed by atoms with Crippen molar-refractivity contribution in [1.82, 2.24) is 10.2 Å². The zero-order valence-electron chi connectivity index (χ0n) is 9.26. The molecule has 1 aromatic carbocycles. The molecule has 0 spiro atoms. The third-order valence-electron chi connectivity index (χ3n) is 3.10. The molecular weight excluding hydrogens is 255 g/mol. The summed E-state index contributed by atoms with van der Waals surface area (Å²) in [5.74, 6) is -1.25. The third kappa shape index (κ3) is 1.60. The van der Waals surface area contributed by atoms with Gasteiger partial charge in [-0.05, 0) is 25.0 Å². The maximum Gasteiger partial charge on any atom is 0.316 e. The largest absolute Gasteiger partial charge is 0.481 e. The summed E-state index contributed by atoms with van der Waals surface area (Å²) in [7, 11) is 0. The predicted molar refractivity (Wildman–Crippen MR) is 63.9 cm³/mol. The molecule has 1 aromatic heterocycles. The topological polar surface area (TPSA) is 63.1 Å². The van der Waals surface area contributed by atoms with Crippen LogP contribution in [0.1, 0.15) is 17.8 Å². The van der Waals surface area contributed by atoms with Gasteiger partial charge in [0.15, 0.2) is 5.01 Å². The second-order valence-electron chi connectivity index (χ2n) is 4.28. The maximum absolute atomic E-state index is 13.6. The van der Waals surface area contributed by atoms with Gasteiger partial charge < -0.3 is 5.11 Å². The molecule has 0 atom stereocenters. The molecule has 1 aliphatic carbocycles. The Hall–Kier alpha value is -1.82. The van der Waals surface area contributed by atoms with Crippen LogP contribution in [0.4, 0.5) is 4.39 Å². The molecule has 1 heterocycles. The molecule has 1 N–H and O–H groups in total. The highest BCUT2D eigenvalue weighted by Crippen LogP contribution is 2.50. The number of hydrogen-bond donors (Lipinski definition) is 1. The van der Waals surface area contributed by atoms with Gasteiger partial charge in [0.2, 0.25) is 0 Å². The van der Waals surface area contributed by atoms with Crippen molar-refractivity contribution in [3.05, 3.63) is 35.1 Å². The zero-order valence-corrected chi connectivity index (χ0v) is 10.1. The fourth-order valence-corrected chi connectivity index (χ4v) is 2.91. The SMILES string of the molecule is O=C(O)C1(c2nnc(-c3ccccc3F)s2)CC1. The van der Waals surface area contributed by atoms with Crippen LogP contribution in [0.5, 0.6) is 0 Å². The van der Waals surface area contributed by atoms with Crippen LogP contribution in [-0.2, 0) is 10.2 Å². The van der Waals surface area contributed by atoms with Crippen LogP contribution in [-0.4, -0.2) is 21.3 Å². The minimum Gasteiger partial charge on any atom is -0.481 e. The Bertz CT molecular complexity index is 622. The lowest BCUT2D eigenvalue weighted by molar-refractivity contribution is -0.140. The first kappa shape index (κ1) is 11.3. The molecule has 0 unspecified atom stereocenters. The van der Waals surface area contributed by atoms with Crippen molar-refractivity contribution >= 4 is 17.3 Å². The highest BCUT2D eigenvalue weighted by molar-refractivity contribution is 7.15. The Morgan fingerprint density at radius 3 is 2.67 bits per heavy atom. The summed E-state index contributed by atoms with van der Waals surface area (Å²) in [5.41, 5.74) is -0.510. The van der Waals surface area contributed by atoms with E-state index in [0.29, 0.717) is 28.4 Å². The van der Waals surface area contributed by atoms with Crippen LogP contribution >= 0.6 is 11.3 Å². The van der Waals surface area contributed by atoms with Gasteiger partial charge in [-0.2, -0.15) is 0 Å². The molecule has 2 aromatic rings. The van der Waals surface area contributed by atoms with E-state index in [-0.39, 0.29) is 5.82 Å². The molecular formula is C12H9FN2O2S. The molecule has 1 fully saturated rings. The highest BCUT2D eigenvalue weighted by atomic mass is 32.1. The van der Waals surface area contributed by atoms with Gasteiger partial charge >= 0.3 is 5.97 Å². The predicted octanol–water partition coefficient (Wildman–Crippen LogP) is 2.46. The van der Waals surface area contributed by atoms with Crippen molar-refractivity contribution in [3.63, 3.8) is 0 Å². The number of carboxylic acids is 1. The lowest BCUT2D eigenvalue weighted by Crippen LogP contribution is -2.19. The summed E-state index contributed by atoms with van der Waals surface area (Å²) in [4.78, 5) is 11.2. The van der Waals surface area contributed by atoms with E-state index in [1.54, 1.807) is 18.2 Å². The number of carbonyl (C=O) groups is 1. The molecule has 0 bridgehead atoms. The summed E-state index contributed by atoms with van der Waals surface area (Å²) in [6, 6.07) is 6.27. The summed E-state index contributed by atoms with van der Waals surface area (Å²) in [6.07, 6.45) is 1.16. The normalized spacial score (nSPS) is 16.5. The number of hydrogen-bond acceptors (Lipinski definition) is 4. The van der Waals surface area contributed by atoms with Gasteiger partial charge in [0.1, 0.15) is 16.2 Å². The van der Waals surface area contributed by atoms with Crippen LogP contribution in [0.25, 0.3) is 10.6 Å².